The number of hydrogen-bond donors (Lipinski definition) is 1. The minimum Gasteiger partial charge on any atom is -0.496 e. The van der Waals surface area contributed by atoms with Gasteiger partial charge in [-0.1, -0.05) is 48.5 Å². The van der Waals surface area contributed by atoms with E-state index in [2.05, 4.69) is 10.3 Å². The molecule has 1 atom stereocenters. The van der Waals surface area contributed by atoms with Crippen molar-refractivity contribution in [3.63, 3.8) is 0 Å². The summed E-state index contributed by atoms with van der Waals surface area (Å²) in [4.78, 5) is 17.5. The molecule has 2 aromatic carbocycles. The fourth-order valence-corrected chi connectivity index (χ4v) is 3.51. The molecule has 0 spiro atoms. The summed E-state index contributed by atoms with van der Waals surface area (Å²) in [5, 5.41) is 7.93. The van der Waals surface area contributed by atoms with Crippen molar-refractivity contribution in [3.8, 4) is 17.1 Å². The first kappa shape index (κ1) is 18.7. The fourth-order valence-electron chi connectivity index (χ4n) is 3.51. The second-order valence-electron chi connectivity index (χ2n) is 6.60. The summed E-state index contributed by atoms with van der Waals surface area (Å²) in [6.45, 7) is 3.92. The van der Waals surface area contributed by atoms with Crippen molar-refractivity contribution in [2.24, 2.45) is 0 Å². The van der Waals surface area contributed by atoms with Gasteiger partial charge in [-0.25, -0.2) is 9.48 Å². The van der Waals surface area contributed by atoms with E-state index in [1.165, 1.54) is 0 Å². The molecule has 0 fully saturated rings. The fraction of sp³-hybridized carbons (Fsp3) is 0.227. The Morgan fingerprint density at radius 1 is 1.14 bits per heavy atom. The van der Waals surface area contributed by atoms with Gasteiger partial charge in [0.05, 0.1) is 19.3 Å². The molecule has 0 saturated heterocycles. The van der Waals surface area contributed by atoms with Gasteiger partial charge in [-0.2, -0.15) is 4.98 Å². The van der Waals surface area contributed by atoms with Gasteiger partial charge < -0.3 is 14.8 Å². The summed E-state index contributed by atoms with van der Waals surface area (Å²) in [5.41, 5.74) is 2.86. The lowest BCUT2D eigenvalue weighted by molar-refractivity contribution is -0.139. The number of rotatable bonds is 5. The normalized spacial score (nSPS) is 15.5. The highest BCUT2D eigenvalue weighted by Gasteiger charge is 2.36. The molecule has 4 rings (SSSR count). The monoisotopic (exact) mass is 390 g/mol. The minimum atomic E-state index is -0.522. The first-order chi connectivity index (χ1) is 14.1. The number of aromatic nitrogens is 3. The molecular formula is C22H22N4O3. The van der Waals surface area contributed by atoms with E-state index in [-0.39, 0.29) is 6.61 Å². The van der Waals surface area contributed by atoms with Gasteiger partial charge in [0.2, 0.25) is 5.95 Å². The summed E-state index contributed by atoms with van der Waals surface area (Å²) in [6.07, 6.45) is 0. The number of ether oxygens (including phenoxy) is 2. The van der Waals surface area contributed by atoms with E-state index in [4.69, 9.17) is 14.6 Å². The molecule has 2 heterocycles. The van der Waals surface area contributed by atoms with Crippen LogP contribution >= 0.6 is 0 Å². The number of allylic oxidation sites excluding steroid dienone is 1. The maximum Gasteiger partial charge on any atom is 0.338 e. The number of nitrogens with one attached hydrogen (secondary N) is 1. The van der Waals surface area contributed by atoms with Gasteiger partial charge in [-0.3, -0.25) is 0 Å². The molecule has 0 saturated carbocycles. The molecule has 7 heteroatoms. The van der Waals surface area contributed by atoms with Gasteiger partial charge in [0.15, 0.2) is 5.82 Å². The van der Waals surface area contributed by atoms with Crippen LogP contribution in [0.2, 0.25) is 0 Å². The van der Waals surface area contributed by atoms with E-state index >= 15 is 0 Å². The Kier molecular flexibility index (Phi) is 5.03. The van der Waals surface area contributed by atoms with Gasteiger partial charge in [0.25, 0.3) is 0 Å². The highest BCUT2D eigenvalue weighted by molar-refractivity contribution is 5.92. The van der Waals surface area contributed by atoms with Crippen molar-refractivity contribution in [3.05, 3.63) is 71.4 Å². The second-order valence-corrected chi connectivity index (χ2v) is 6.60. The number of anilines is 1. The lowest BCUT2D eigenvalue weighted by Gasteiger charge is -2.28. The average Bonchev–Trinajstić information content (AvgIpc) is 3.17. The number of para-hydroxylation sites is 1. The molecule has 1 aliphatic rings. The Hall–Kier alpha value is -3.61. The maximum atomic E-state index is 12.9. The van der Waals surface area contributed by atoms with E-state index < -0.39 is 12.0 Å². The van der Waals surface area contributed by atoms with Crippen LogP contribution in [0.5, 0.6) is 5.75 Å². The van der Waals surface area contributed by atoms with Crippen molar-refractivity contribution in [1.29, 1.82) is 0 Å². The van der Waals surface area contributed by atoms with Crippen molar-refractivity contribution >= 4 is 11.9 Å². The molecule has 0 amide bonds. The zero-order chi connectivity index (χ0) is 20.4. The quantitative estimate of drug-likeness (QED) is 0.668. The van der Waals surface area contributed by atoms with E-state index in [0.29, 0.717) is 28.8 Å². The number of methoxy groups -OCH3 is 1. The number of nitrogens with zero attached hydrogens (tertiary/aromatic N) is 3. The predicted molar refractivity (Wildman–Crippen MR) is 110 cm³/mol. The van der Waals surface area contributed by atoms with Crippen LogP contribution < -0.4 is 10.1 Å². The maximum absolute atomic E-state index is 12.9. The van der Waals surface area contributed by atoms with Gasteiger partial charge >= 0.3 is 5.97 Å². The Morgan fingerprint density at radius 2 is 1.86 bits per heavy atom. The molecule has 1 unspecified atom stereocenters. The van der Waals surface area contributed by atoms with Crippen molar-refractivity contribution in [2.75, 3.05) is 19.0 Å². The summed E-state index contributed by atoms with van der Waals surface area (Å²) in [6, 6.07) is 16.8. The Labute approximate surface area is 169 Å². The van der Waals surface area contributed by atoms with Gasteiger partial charge in [0.1, 0.15) is 11.8 Å². The molecule has 0 radical (unpaired) electrons. The van der Waals surface area contributed by atoms with Crippen LogP contribution in [0.25, 0.3) is 11.4 Å². The Morgan fingerprint density at radius 3 is 2.59 bits per heavy atom. The first-order valence-corrected chi connectivity index (χ1v) is 9.43. The third kappa shape index (κ3) is 3.35. The van der Waals surface area contributed by atoms with Crippen LogP contribution in [0.3, 0.4) is 0 Å². The molecular weight excluding hydrogens is 368 g/mol. The summed E-state index contributed by atoms with van der Waals surface area (Å²) >= 11 is 0. The largest absolute Gasteiger partial charge is 0.496 e. The standard InChI is InChI=1S/C22H22N4O3/c1-4-29-21(27)18-14(2)23-22-24-20(15-10-6-5-7-11-15)25-26(22)19(18)16-12-8-9-13-17(16)28-3/h5-13,19H,4H2,1-3H3,(H,23,24,25). The van der Waals surface area contributed by atoms with Crippen LogP contribution in [0.4, 0.5) is 5.95 Å². The zero-order valence-electron chi connectivity index (χ0n) is 16.5. The third-order valence-corrected chi connectivity index (χ3v) is 4.81. The second kappa shape index (κ2) is 7.79. The summed E-state index contributed by atoms with van der Waals surface area (Å²) in [5.74, 6) is 1.41. The number of carbonyl (C=O) groups is 1. The molecule has 3 aromatic rings. The van der Waals surface area contributed by atoms with E-state index in [0.717, 1.165) is 11.1 Å². The molecule has 29 heavy (non-hydrogen) atoms. The lowest BCUT2D eigenvalue weighted by Crippen LogP contribution is -2.30. The van der Waals surface area contributed by atoms with Crippen LogP contribution in [0.15, 0.2) is 65.9 Å². The van der Waals surface area contributed by atoms with Crippen LogP contribution in [-0.4, -0.2) is 34.5 Å². The van der Waals surface area contributed by atoms with E-state index in [1.54, 1.807) is 18.7 Å². The molecule has 148 valence electrons. The summed E-state index contributed by atoms with van der Waals surface area (Å²) < 4.78 is 12.6. The number of benzene rings is 2. The van der Waals surface area contributed by atoms with Gasteiger partial charge in [0, 0.05) is 16.8 Å². The minimum absolute atomic E-state index is 0.285. The molecule has 1 N–H and O–H groups in total. The third-order valence-electron chi connectivity index (χ3n) is 4.81. The highest BCUT2D eigenvalue weighted by Crippen LogP contribution is 2.40. The van der Waals surface area contributed by atoms with E-state index in [9.17, 15) is 4.79 Å². The molecule has 0 bridgehead atoms. The van der Waals surface area contributed by atoms with Crippen LogP contribution in [-0.2, 0) is 9.53 Å². The van der Waals surface area contributed by atoms with Crippen LogP contribution in [0, 0.1) is 0 Å². The molecule has 7 nitrogen and oxygen atoms in total. The summed E-state index contributed by atoms with van der Waals surface area (Å²) in [7, 11) is 1.61. The Bertz CT molecular complexity index is 1070. The molecule has 0 aliphatic carbocycles. The Balaban J connectivity index is 1.90. The van der Waals surface area contributed by atoms with Gasteiger partial charge in [-0.15, -0.1) is 5.10 Å². The number of fused-ring (bicyclic) bond motifs is 1. The van der Waals surface area contributed by atoms with E-state index in [1.807, 2.05) is 61.5 Å². The van der Waals surface area contributed by atoms with Crippen molar-refractivity contribution < 1.29 is 14.3 Å². The van der Waals surface area contributed by atoms with Crippen molar-refractivity contribution in [2.45, 2.75) is 19.9 Å². The molecule has 1 aliphatic heterocycles. The highest BCUT2D eigenvalue weighted by atomic mass is 16.5. The number of carbonyl (C=O) groups excluding carboxylic acids is 1. The topological polar surface area (TPSA) is 78.3 Å². The molecule has 1 aromatic heterocycles. The lowest BCUT2D eigenvalue weighted by atomic mass is 9.95. The van der Waals surface area contributed by atoms with Gasteiger partial charge in [-0.05, 0) is 19.9 Å². The number of hydrogen-bond acceptors (Lipinski definition) is 6. The average molecular weight is 390 g/mol. The SMILES string of the molecule is CCOC(=O)C1=C(C)Nc2nc(-c3ccccc3)nn2C1c1ccccc1OC. The van der Waals surface area contributed by atoms with Crippen LogP contribution in [0.1, 0.15) is 25.5 Å². The number of esters is 1. The predicted octanol–water partition coefficient (Wildman–Crippen LogP) is 3.81. The first-order valence-electron chi connectivity index (χ1n) is 9.43. The van der Waals surface area contributed by atoms with Crippen molar-refractivity contribution in [1.82, 2.24) is 14.8 Å². The smallest absolute Gasteiger partial charge is 0.338 e. The zero-order valence-corrected chi connectivity index (χ0v) is 16.5.